The van der Waals surface area contributed by atoms with Gasteiger partial charge in [0.2, 0.25) is 5.78 Å². The van der Waals surface area contributed by atoms with Gasteiger partial charge in [0.1, 0.15) is 16.8 Å². The molecule has 0 aliphatic carbocycles. The molecule has 0 unspecified atom stereocenters. The van der Waals surface area contributed by atoms with Crippen LogP contribution in [0.5, 0.6) is 0 Å². The minimum atomic E-state index is -0.785. The Hall–Kier alpha value is -4.45. The molecule has 0 atom stereocenters. The first-order valence-electron chi connectivity index (χ1n) is 10.3. The first kappa shape index (κ1) is 20.5. The highest BCUT2D eigenvalue weighted by atomic mass is 16.5. The minimum Gasteiger partial charge on any atom is -0.465 e. The number of hydrogen-bond donors (Lipinski definition) is 0. The standard InChI is InChI=1S/C27H19NO5/c1-32-26(30)21-22(27(31)33-2)24(25(29)16-8-4-3-5-9-16)28-13-12-19-14-17-10-6-7-11-18(17)15-20(19)23(21)28/h3-15H,1-2H3. The number of benzene rings is 3. The van der Waals surface area contributed by atoms with E-state index in [2.05, 4.69) is 0 Å². The second kappa shape index (κ2) is 7.91. The number of ketones is 1. The number of hydrogen-bond acceptors (Lipinski definition) is 5. The number of ether oxygens (including phenoxy) is 2. The lowest BCUT2D eigenvalue weighted by molar-refractivity contribution is 0.0556. The zero-order valence-corrected chi connectivity index (χ0v) is 18.0. The molecular weight excluding hydrogens is 418 g/mol. The molecule has 0 N–H and O–H groups in total. The normalized spacial score (nSPS) is 11.1. The van der Waals surface area contributed by atoms with E-state index in [9.17, 15) is 14.4 Å². The number of esters is 2. The van der Waals surface area contributed by atoms with Gasteiger partial charge in [-0.15, -0.1) is 0 Å². The van der Waals surface area contributed by atoms with Crippen molar-refractivity contribution in [2.45, 2.75) is 0 Å². The molecule has 0 fully saturated rings. The smallest absolute Gasteiger partial charge is 0.341 e. The van der Waals surface area contributed by atoms with Crippen molar-refractivity contribution in [3.05, 3.63) is 101 Å². The maximum Gasteiger partial charge on any atom is 0.341 e. The lowest BCUT2D eigenvalue weighted by atomic mass is 10.0. The van der Waals surface area contributed by atoms with E-state index < -0.39 is 17.7 Å². The maximum absolute atomic E-state index is 13.6. The molecule has 5 aromatic rings. The summed E-state index contributed by atoms with van der Waals surface area (Å²) in [6.45, 7) is 0. The zero-order valence-electron chi connectivity index (χ0n) is 18.0. The summed E-state index contributed by atoms with van der Waals surface area (Å²) in [6, 6.07) is 22.3. The summed E-state index contributed by atoms with van der Waals surface area (Å²) in [5, 5.41) is 3.58. The molecule has 0 bridgehead atoms. The van der Waals surface area contributed by atoms with Crippen LogP contribution in [0.3, 0.4) is 0 Å². The van der Waals surface area contributed by atoms with Crippen LogP contribution in [-0.2, 0) is 9.47 Å². The first-order chi connectivity index (χ1) is 16.0. The zero-order chi connectivity index (χ0) is 23.1. The average molecular weight is 437 g/mol. The lowest BCUT2D eigenvalue weighted by Crippen LogP contribution is -2.15. The largest absolute Gasteiger partial charge is 0.465 e. The van der Waals surface area contributed by atoms with Crippen LogP contribution in [0.15, 0.2) is 79.0 Å². The van der Waals surface area contributed by atoms with Gasteiger partial charge in [-0.2, -0.15) is 0 Å². The molecule has 33 heavy (non-hydrogen) atoms. The molecular formula is C27H19NO5. The van der Waals surface area contributed by atoms with Crippen molar-refractivity contribution in [2.24, 2.45) is 0 Å². The van der Waals surface area contributed by atoms with Gasteiger partial charge in [-0.05, 0) is 34.4 Å². The summed E-state index contributed by atoms with van der Waals surface area (Å²) in [6.07, 6.45) is 1.70. The van der Waals surface area contributed by atoms with Crippen molar-refractivity contribution in [3.8, 4) is 0 Å². The highest BCUT2D eigenvalue weighted by molar-refractivity contribution is 6.23. The highest BCUT2D eigenvalue weighted by Gasteiger charge is 2.33. The molecule has 0 aliphatic rings. The molecule has 0 saturated carbocycles. The van der Waals surface area contributed by atoms with Crippen molar-refractivity contribution in [3.63, 3.8) is 0 Å². The fourth-order valence-corrected chi connectivity index (χ4v) is 4.31. The topological polar surface area (TPSA) is 74.1 Å². The Morgan fingerprint density at radius 2 is 1.30 bits per heavy atom. The molecule has 0 amide bonds. The molecule has 0 aliphatic heterocycles. The van der Waals surface area contributed by atoms with E-state index in [4.69, 9.17) is 9.47 Å². The SMILES string of the molecule is COC(=O)c1c(C(=O)OC)c2c3cc4ccccc4cc3ccn2c1C(=O)c1ccccc1. The van der Waals surface area contributed by atoms with Gasteiger partial charge in [0.05, 0.1) is 19.7 Å². The average Bonchev–Trinajstić information content (AvgIpc) is 3.22. The van der Waals surface area contributed by atoms with E-state index >= 15 is 0 Å². The summed E-state index contributed by atoms with van der Waals surface area (Å²) in [7, 11) is 2.46. The minimum absolute atomic E-state index is 0.00418. The summed E-state index contributed by atoms with van der Waals surface area (Å²) in [5.41, 5.74) is 0.753. The molecule has 5 rings (SSSR count). The molecule has 162 valence electrons. The molecule has 6 nitrogen and oxygen atoms in total. The lowest BCUT2D eigenvalue weighted by Gasteiger charge is -2.08. The van der Waals surface area contributed by atoms with Crippen molar-refractivity contribution in [2.75, 3.05) is 14.2 Å². The van der Waals surface area contributed by atoms with Crippen LogP contribution >= 0.6 is 0 Å². The van der Waals surface area contributed by atoms with Crippen molar-refractivity contribution < 1.29 is 23.9 Å². The number of nitrogens with zero attached hydrogens (tertiary/aromatic N) is 1. The van der Waals surface area contributed by atoms with E-state index in [1.807, 2.05) is 42.5 Å². The second-order valence-electron chi connectivity index (χ2n) is 7.60. The van der Waals surface area contributed by atoms with Crippen LogP contribution in [0.25, 0.3) is 27.1 Å². The van der Waals surface area contributed by atoms with E-state index in [-0.39, 0.29) is 16.8 Å². The monoisotopic (exact) mass is 437 g/mol. The Morgan fingerprint density at radius 3 is 1.97 bits per heavy atom. The van der Waals surface area contributed by atoms with Crippen LogP contribution in [0.4, 0.5) is 0 Å². The molecule has 0 saturated heterocycles. The Kier molecular flexibility index (Phi) is 4.90. The van der Waals surface area contributed by atoms with Crippen LogP contribution in [0.1, 0.15) is 36.8 Å². The molecule has 2 aromatic heterocycles. The summed E-state index contributed by atoms with van der Waals surface area (Å²) < 4.78 is 11.6. The van der Waals surface area contributed by atoms with Gasteiger partial charge >= 0.3 is 11.9 Å². The van der Waals surface area contributed by atoms with Gasteiger partial charge in [0, 0.05) is 17.1 Å². The van der Waals surface area contributed by atoms with Crippen LogP contribution < -0.4 is 0 Å². The third kappa shape index (κ3) is 3.15. The molecule has 0 radical (unpaired) electrons. The Balaban J connectivity index is 1.98. The van der Waals surface area contributed by atoms with Gasteiger partial charge in [0.25, 0.3) is 0 Å². The highest BCUT2D eigenvalue weighted by Crippen LogP contribution is 2.34. The predicted octanol–water partition coefficient (Wildman–Crippen LogP) is 5.05. The number of aromatic nitrogens is 1. The quantitative estimate of drug-likeness (QED) is 0.223. The van der Waals surface area contributed by atoms with Gasteiger partial charge in [-0.1, -0.05) is 54.6 Å². The Morgan fingerprint density at radius 1 is 0.697 bits per heavy atom. The molecule has 3 aromatic carbocycles. The van der Waals surface area contributed by atoms with E-state index in [0.717, 1.165) is 16.2 Å². The van der Waals surface area contributed by atoms with Crippen LogP contribution in [-0.4, -0.2) is 36.3 Å². The third-order valence-electron chi connectivity index (χ3n) is 5.81. The van der Waals surface area contributed by atoms with Gasteiger partial charge in [0.15, 0.2) is 0 Å². The number of carbonyl (C=O) groups is 3. The summed E-state index contributed by atoms with van der Waals surface area (Å²) in [5.74, 6) is -1.91. The van der Waals surface area contributed by atoms with Crippen LogP contribution in [0.2, 0.25) is 0 Å². The third-order valence-corrected chi connectivity index (χ3v) is 5.81. The second-order valence-corrected chi connectivity index (χ2v) is 7.60. The fourth-order valence-electron chi connectivity index (χ4n) is 4.31. The number of rotatable bonds is 4. The summed E-state index contributed by atoms with van der Waals surface area (Å²) in [4.78, 5) is 39.5. The van der Waals surface area contributed by atoms with Crippen LogP contribution in [0, 0.1) is 0 Å². The first-order valence-corrected chi connectivity index (χ1v) is 10.3. The molecule has 0 spiro atoms. The fraction of sp³-hybridized carbons (Fsp3) is 0.0741. The number of fused-ring (bicyclic) bond motifs is 4. The van der Waals surface area contributed by atoms with Crippen molar-refractivity contribution in [1.29, 1.82) is 0 Å². The van der Waals surface area contributed by atoms with E-state index in [0.29, 0.717) is 16.5 Å². The predicted molar refractivity (Wildman–Crippen MR) is 125 cm³/mol. The molecule has 6 heteroatoms. The number of methoxy groups -OCH3 is 2. The van der Waals surface area contributed by atoms with Crippen molar-refractivity contribution >= 4 is 44.8 Å². The van der Waals surface area contributed by atoms with Gasteiger partial charge in [-0.25, -0.2) is 9.59 Å². The van der Waals surface area contributed by atoms with Crippen molar-refractivity contribution in [1.82, 2.24) is 4.40 Å². The van der Waals surface area contributed by atoms with E-state index in [1.54, 1.807) is 40.9 Å². The molecule has 2 heterocycles. The maximum atomic E-state index is 13.6. The number of pyridine rings is 1. The van der Waals surface area contributed by atoms with E-state index in [1.165, 1.54) is 14.2 Å². The number of carbonyl (C=O) groups excluding carboxylic acids is 3. The summed E-state index contributed by atoms with van der Waals surface area (Å²) >= 11 is 0. The van der Waals surface area contributed by atoms with Gasteiger partial charge in [-0.3, -0.25) is 4.79 Å². The van der Waals surface area contributed by atoms with Gasteiger partial charge < -0.3 is 13.9 Å². The Bertz CT molecular complexity index is 1580. The Labute approximate surface area is 189 Å².